The van der Waals surface area contributed by atoms with Crippen LogP contribution in [0.1, 0.15) is 25.5 Å². The van der Waals surface area contributed by atoms with Crippen molar-refractivity contribution in [1.82, 2.24) is 14.8 Å². The van der Waals surface area contributed by atoms with Crippen molar-refractivity contribution in [3.05, 3.63) is 16.7 Å². The third-order valence-electron chi connectivity index (χ3n) is 2.97. The van der Waals surface area contributed by atoms with E-state index in [0.717, 1.165) is 41.4 Å². The van der Waals surface area contributed by atoms with Crippen molar-refractivity contribution in [2.75, 3.05) is 12.3 Å². The highest BCUT2D eigenvalue weighted by Gasteiger charge is 2.20. The smallest absolute Gasteiger partial charge is 0.162 e. The van der Waals surface area contributed by atoms with E-state index in [1.165, 1.54) is 0 Å². The third-order valence-corrected chi connectivity index (χ3v) is 3.40. The number of nitrogens with zero attached hydrogens (tertiary/aromatic N) is 3. The van der Waals surface area contributed by atoms with Crippen molar-refractivity contribution in [3.8, 4) is 0 Å². The van der Waals surface area contributed by atoms with Gasteiger partial charge in [-0.1, -0.05) is 0 Å². The van der Waals surface area contributed by atoms with E-state index in [-0.39, 0.29) is 6.23 Å². The minimum Gasteiger partial charge on any atom is -0.382 e. The highest BCUT2D eigenvalue weighted by Crippen LogP contribution is 2.29. The Morgan fingerprint density at radius 2 is 2.35 bits per heavy atom. The van der Waals surface area contributed by atoms with Gasteiger partial charge in [-0.2, -0.15) is 5.10 Å². The molecule has 1 aliphatic rings. The summed E-state index contributed by atoms with van der Waals surface area (Å²) in [5.74, 6) is 0.503. The summed E-state index contributed by atoms with van der Waals surface area (Å²) < 4.78 is 8.41. The van der Waals surface area contributed by atoms with E-state index >= 15 is 0 Å². The number of aromatic nitrogens is 3. The van der Waals surface area contributed by atoms with Gasteiger partial charge in [0.1, 0.15) is 0 Å². The van der Waals surface area contributed by atoms with Gasteiger partial charge < -0.3 is 10.5 Å². The topological polar surface area (TPSA) is 66.0 Å². The van der Waals surface area contributed by atoms with Crippen LogP contribution in [0.2, 0.25) is 0 Å². The van der Waals surface area contributed by atoms with Gasteiger partial charge in [0.25, 0.3) is 0 Å². The number of hydrogen-bond acceptors (Lipinski definition) is 4. The first-order chi connectivity index (χ1) is 8.25. The molecule has 17 heavy (non-hydrogen) atoms. The van der Waals surface area contributed by atoms with E-state index in [1.807, 2.05) is 6.07 Å². The van der Waals surface area contributed by atoms with Crippen molar-refractivity contribution in [3.63, 3.8) is 0 Å². The SMILES string of the molecule is Nc1nn(C2CCCCO2)c2ncc(Br)cc12. The molecule has 1 atom stereocenters. The molecular formula is C11H13BrN4O. The molecule has 0 spiro atoms. The molecule has 1 saturated heterocycles. The van der Waals surface area contributed by atoms with Crippen LogP contribution in [-0.4, -0.2) is 21.4 Å². The minimum atomic E-state index is -0.0303. The van der Waals surface area contributed by atoms with Crippen LogP contribution in [0.4, 0.5) is 5.82 Å². The zero-order valence-electron chi connectivity index (χ0n) is 9.27. The number of hydrogen-bond donors (Lipinski definition) is 1. The van der Waals surface area contributed by atoms with E-state index in [4.69, 9.17) is 10.5 Å². The van der Waals surface area contributed by atoms with Crippen LogP contribution in [0.25, 0.3) is 11.0 Å². The maximum absolute atomic E-state index is 5.90. The fraction of sp³-hybridized carbons (Fsp3) is 0.455. The van der Waals surface area contributed by atoms with Gasteiger partial charge in [0.15, 0.2) is 17.7 Å². The Balaban J connectivity index is 2.10. The Labute approximate surface area is 107 Å². The predicted octanol–water partition coefficient (Wildman–Crippen LogP) is 2.48. The van der Waals surface area contributed by atoms with E-state index in [1.54, 1.807) is 10.9 Å². The van der Waals surface area contributed by atoms with Crippen molar-refractivity contribution in [2.24, 2.45) is 0 Å². The lowest BCUT2D eigenvalue weighted by Gasteiger charge is -2.22. The predicted molar refractivity (Wildman–Crippen MR) is 68.5 cm³/mol. The number of anilines is 1. The minimum absolute atomic E-state index is 0.0303. The van der Waals surface area contributed by atoms with Crippen molar-refractivity contribution in [1.29, 1.82) is 0 Å². The zero-order valence-corrected chi connectivity index (χ0v) is 10.9. The lowest BCUT2D eigenvalue weighted by atomic mass is 10.2. The average Bonchev–Trinajstić information content (AvgIpc) is 2.68. The summed E-state index contributed by atoms with van der Waals surface area (Å²) in [6.07, 6.45) is 4.96. The third kappa shape index (κ3) is 1.91. The molecule has 6 heteroatoms. The second-order valence-corrected chi connectivity index (χ2v) is 5.09. The van der Waals surface area contributed by atoms with Crippen LogP contribution in [-0.2, 0) is 4.74 Å². The van der Waals surface area contributed by atoms with Crippen LogP contribution in [0.3, 0.4) is 0 Å². The summed E-state index contributed by atoms with van der Waals surface area (Å²) in [5.41, 5.74) is 6.69. The first-order valence-corrected chi connectivity index (χ1v) is 6.46. The fourth-order valence-corrected chi connectivity index (χ4v) is 2.47. The van der Waals surface area contributed by atoms with E-state index < -0.39 is 0 Å². The second kappa shape index (κ2) is 4.27. The molecule has 2 N–H and O–H groups in total. The summed E-state index contributed by atoms with van der Waals surface area (Å²) >= 11 is 3.39. The van der Waals surface area contributed by atoms with Crippen LogP contribution in [0, 0.1) is 0 Å². The van der Waals surface area contributed by atoms with Gasteiger partial charge in [0.2, 0.25) is 0 Å². The monoisotopic (exact) mass is 296 g/mol. The lowest BCUT2D eigenvalue weighted by molar-refractivity contribution is -0.0368. The summed E-state index contributed by atoms with van der Waals surface area (Å²) in [6, 6.07) is 1.93. The molecule has 0 aromatic carbocycles. The maximum atomic E-state index is 5.90. The van der Waals surface area contributed by atoms with Crippen molar-refractivity contribution >= 4 is 32.8 Å². The van der Waals surface area contributed by atoms with Gasteiger partial charge in [-0.05, 0) is 41.3 Å². The molecule has 0 radical (unpaired) electrons. The van der Waals surface area contributed by atoms with Gasteiger partial charge in [-0.3, -0.25) is 0 Å². The highest BCUT2D eigenvalue weighted by atomic mass is 79.9. The van der Waals surface area contributed by atoms with Crippen molar-refractivity contribution in [2.45, 2.75) is 25.5 Å². The second-order valence-electron chi connectivity index (χ2n) is 4.18. The number of ether oxygens (including phenoxy) is 1. The molecule has 0 saturated carbocycles. The van der Waals surface area contributed by atoms with Crippen LogP contribution in [0.15, 0.2) is 16.7 Å². The molecule has 1 fully saturated rings. The molecule has 5 nitrogen and oxygen atoms in total. The number of pyridine rings is 1. The molecule has 3 heterocycles. The molecule has 0 aliphatic carbocycles. The molecular weight excluding hydrogens is 284 g/mol. The Morgan fingerprint density at radius 3 is 3.12 bits per heavy atom. The fourth-order valence-electron chi connectivity index (χ4n) is 2.14. The van der Waals surface area contributed by atoms with E-state index in [9.17, 15) is 0 Å². The lowest BCUT2D eigenvalue weighted by Crippen LogP contribution is -2.19. The Morgan fingerprint density at radius 1 is 1.47 bits per heavy atom. The van der Waals surface area contributed by atoms with Crippen LogP contribution >= 0.6 is 15.9 Å². The van der Waals surface area contributed by atoms with E-state index in [0.29, 0.717) is 5.82 Å². The Kier molecular flexibility index (Phi) is 2.76. The quantitative estimate of drug-likeness (QED) is 0.878. The Bertz CT molecular complexity index is 548. The molecule has 1 unspecified atom stereocenters. The number of fused-ring (bicyclic) bond motifs is 1. The van der Waals surface area contributed by atoms with Gasteiger partial charge in [-0.25, -0.2) is 9.67 Å². The molecule has 0 bridgehead atoms. The molecule has 90 valence electrons. The highest BCUT2D eigenvalue weighted by molar-refractivity contribution is 9.10. The summed E-state index contributed by atoms with van der Waals surface area (Å²) in [4.78, 5) is 4.37. The normalized spacial score (nSPS) is 20.9. The molecule has 2 aromatic heterocycles. The summed E-state index contributed by atoms with van der Waals surface area (Å²) in [7, 11) is 0. The first-order valence-electron chi connectivity index (χ1n) is 5.66. The van der Waals surface area contributed by atoms with Gasteiger partial charge in [0, 0.05) is 17.3 Å². The number of rotatable bonds is 1. The van der Waals surface area contributed by atoms with E-state index in [2.05, 4.69) is 26.0 Å². The summed E-state index contributed by atoms with van der Waals surface area (Å²) in [6.45, 7) is 0.780. The largest absolute Gasteiger partial charge is 0.382 e. The maximum Gasteiger partial charge on any atom is 0.162 e. The van der Waals surface area contributed by atoms with Gasteiger partial charge in [-0.15, -0.1) is 0 Å². The molecule has 3 rings (SSSR count). The molecule has 1 aliphatic heterocycles. The number of halogens is 1. The van der Waals surface area contributed by atoms with Gasteiger partial charge >= 0.3 is 0 Å². The van der Waals surface area contributed by atoms with Gasteiger partial charge in [0.05, 0.1) is 5.39 Å². The van der Waals surface area contributed by atoms with Crippen LogP contribution < -0.4 is 5.73 Å². The number of nitrogen functional groups attached to an aromatic ring is 1. The molecule has 0 amide bonds. The first kappa shape index (κ1) is 11.0. The average molecular weight is 297 g/mol. The Hall–Kier alpha value is -1.14. The standard InChI is InChI=1S/C11H13BrN4O/c12-7-5-8-10(13)15-16(11(8)14-6-7)9-3-1-2-4-17-9/h5-6,9H,1-4H2,(H2,13,15). The van der Waals surface area contributed by atoms with Crippen LogP contribution in [0.5, 0.6) is 0 Å². The molecule has 2 aromatic rings. The summed E-state index contributed by atoms with van der Waals surface area (Å²) in [5, 5.41) is 5.21. The zero-order chi connectivity index (χ0) is 11.8. The van der Waals surface area contributed by atoms with Crippen molar-refractivity contribution < 1.29 is 4.74 Å². The number of nitrogens with two attached hydrogens (primary N) is 1.